The van der Waals surface area contributed by atoms with Crippen LogP contribution in [-0.4, -0.2) is 71.0 Å². The second kappa shape index (κ2) is 7.09. The van der Waals surface area contributed by atoms with Crippen molar-refractivity contribution in [3.8, 4) is 0 Å². The fourth-order valence-electron chi connectivity index (χ4n) is 3.25. The molecule has 2 amide bonds. The van der Waals surface area contributed by atoms with Crippen molar-refractivity contribution in [3.05, 3.63) is 0 Å². The minimum Gasteiger partial charge on any atom is -0.480 e. The number of nitrogens with zero attached hydrogens (tertiary/aromatic N) is 2. The van der Waals surface area contributed by atoms with Gasteiger partial charge in [0.2, 0.25) is 11.8 Å². The van der Waals surface area contributed by atoms with Crippen molar-refractivity contribution < 1.29 is 19.5 Å². The number of carboxylic acid groups (broad SMARTS) is 1. The highest BCUT2D eigenvalue weighted by molar-refractivity contribution is 5.89. The summed E-state index contributed by atoms with van der Waals surface area (Å²) in [5, 5.41) is 11.9. The molecule has 1 aliphatic heterocycles. The molecule has 0 aromatic rings. The Kier molecular flexibility index (Phi) is 5.39. The first-order valence-corrected chi connectivity index (χ1v) is 7.98. The summed E-state index contributed by atoms with van der Waals surface area (Å²) in [4.78, 5) is 38.3. The number of hydrogen-bond donors (Lipinski definition) is 2. The summed E-state index contributed by atoms with van der Waals surface area (Å²) in [5.41, 5.74) is 0. The van der Waals surface area contributed by atoms with E-state index >= 15 is 0 Å². The SMILES string of the molecule is CCN1CC(C(=O)NC2CC(N(CC)CC(=O)O)C2)CC1=O. The maximum absolute atomic E-state index is 12.2. The zero-order chi connectivity index (χ0) is 16.3. The van der Waals surface area contributed by atoms with Gasteiger partial charge in [-0.05, 0) is 26.3 Å². The van der Waals surface area contributed by atoms with Crippen molar-refractivity contribution in [2.75, 3.05) is 26.2 Å². The molecule has 1 unspecified atom stereocenters. The fourth-order valence-corrected chi connectivity index (χ4v) is 3.25. The third-order valence-corrected chi connectivity index (χ3v) is 4.69. The number of carbonyl (C=O) groups is 3. The van der Waals surface area contributed by atoms with Crippen molar-refractivity contribution in [3.63, 3.8) is 0 Å². The summed E-state index contributed by atoms with van der Waals surface area (Å²) in [6.45, 7) is 5.76. The molecule has 1 saturated carbocycles. The van der Waals surface area contributed by atoms with Gasteiger partial charge in [0.05, 0.1) is 12.5 Å². The molecule has 0 bridgehead atoms. The molecule has 7 nitrogen and oxygen atoms in total. The van der Waals surface area contributed by atoms with E-state index in [1.807, 2.05) is 18.7 Å². The number of carboxylic acids is 1. The Morgan fingerprint density at radius 1 is 1.36 bits per heavy atom. The fraction of sp³-hybridized carbons (Fsp3) is 0.800. The van der Waals surface area contributed by atoms with Gasteiger partial charge in [-0.25, -0.2) is 0 Å². The predicted molar refractivity (Wildman–Crippen MR) is 80.2 cm³/mol. The minimum atomic E-state index is -0.821. The van der Waals surface area contributed by atoms with Crippen LogP contribution in [-0.2, 0) is 14.4 Å². The number of nitrogens with one attached hydrogen (secondary N) is 1. The highest BCUT2D eigenvalue weighted by Gasteiger charge is 2.38. The average molecular weight is 311 g/mol. The number of rotatable bonds is 7. The van der Waals surface area contributed by atoms with Crippen molar-refractivity contribution in [2.24, 2.45) is 5.92 Å². The van der Waals surface area contributed by atoms with Crippen LogP contribution in [0.5, 0.6) is 0 Å². The van der Waals surface area contributed by atoms with Crippen LogP contribution in [0.4, 0.5) is 0 Å². The predicted octanol–water partition coefficient (Wildman–Crippen LogP) is -0.0915. The maximum atomic E-state index is 12.2. The van der Waals surface area contributed by atoms with Crippen LogP contribution in [0.25, 0.3) is 0 Å². The Hall–Kier alpha value is -1.63. The van der Waals surface area contributed by atoms with Crippen molar-refractivity contribution in [2.45, 2.75) is 45.2 Å². The molecule has 1 saturated heterocycles. The monoisotopic (exact) mass is 311 g/mol. The molecule has 2 aliphatic rings. The lowest BCUT2D eigenvalue weighted by molar-refractivity contribution is -0.140. The van der Waals surface area contributed by atoms with Crippen LogP contribution < -0.4 is 5.32 Å². The van der Waals surface area contributed by atoms with E-state index in [2.05, 4.69) is 5.32 Å². The van der Waals surface area contributed by atoms with E-state index in [-0.39, 0.29) is 36.4 Å². The first-order chi connectivity index (χ1) is 10.4. The second-order valence-electron chi connectivity index (χ2n) is 6.12. The molecular formula is C15H25N3O4. The summed E-state index contributed by atoms with van der Waals surface area (Å²) in [6.07, 6.45) is 1.87. The highest BCUT2D eigenvalue weighted by Crippen LogP contribution is 2.26. The zero-order valence-electron chi connectivity index (χ0n) is 13.2. The number of amides is 2. The minimum absolute atomic E-state index is 0.0461. The molecule has 2 N–H and O–H groups in total. The Labute approximate surface area is 130 Å². The zero-order valence-corrected chi connectivity index (χ0v) is 13.2. The van der Waals surface area contributed by atoms with E-state index in [9.17, 15) is 14.4 Å². The largest absolute Gasteiger partial charge is 0.480 e. The smallest absolute Gasteiger partial charge is 0.317 e. The molecule has 2 rings (SSSR count). The number of likely N-dealkylation sites (N-methyl/N-ethyl adjacent to an activating group) is 1. The van der Waals surface area contributed by atoms with Gasteiger partial charge >= 0.3 is 5.97 Å². The van der Waals surface area contributed by atoms with E-state index in [0.717, 1.165) is 12.8 Å². The van der Waals surface area contributed by atoms with E-state index in [1.165, 1.54) is 0 Å². The van der Waals surface area contributed by atoms with Gasteiger partial charge in [-0.1, -0.05) is 6.92 Å². The third kappa shape index (κ3) is 3.76. The number of likely N-dealkylation sites (tertiary alicyclic amines) is 1. The lowest BCUT2D eigenvalue weighted by Crippen LogP contribution is -2.55. The summed E-state index contributed by atoms with van der Waals surface area (Å²) in [6, 6.07) is 0.329. The highest BCUT2D eigenvalue weighted by atomic mass is 16.4. The Bertz CT molecular complexity index is 448. The van der Waals surface area contributed by atoms with E-state index in [4.69, 9.17) is 5.11 Å². The van der Waals surface area contributed by atoms with Gasteiger partial charge < -0.3 is 15.3 Å². The van der Waals surface area contributed by atoms with Gasteiger partial charge in [-0.15, -0.1) is 0 Å². The summed E-state index contributed by atoms with van der Waals surface area (Å²) >= 11 is 0. The van der Waals surface area contributed by atoms with E-state index in [0.29, 0.717) is 26.1 Å². The van der Waals surface area contributed by atoms with Crippen LogP contribution in [0, 0.1) is 5.92 Å². The Morgan fingerprint density at radius 3 is 2.55 bits per heavy atom. The molecule has 1 heterocycles. The quantitative estimate of drug-likeness (QED) is 0.686. The van der Waals surface area contributed by atoms with Crippen LogP contribution in [0.3, 0.4) is 0 Å². The molecule has 0 aromatic carbocycles. The average Bonchev–Trinajstić information content (AvgIpc) is 2.81. The molecule has 2 fully saturated rings. The van der Waals surface area contributed by atoms with Crippen LogP contribution in [0.1, 0.15) is 33.1 Å². The van der Waals surface area contributed by atoms with Gasteiger partial charge in [-0.3, -0.25) is 19.3 Å². The molecule has 124 valence electrons. The summed E-state index contributed by atoms with van der Waals surface area (Å²) < 4.78 is 0. The second-order valence-corrected chi connectivity index (χ2v) is 6.12. The summed E-state index contributed by atoms with van der Waals surface area (Å²) in [5.74, 6) is -1.06. The van der Waals surface area contributed by atoms with Gasteiger partial charge in [0.25, 0.3) is 0 Å². The Morgan fingerprint density at radius 2 is 2.05 bits per heavy atom. The van der Waals surface area contributed by atoms with Crippen LogP contribution in [0.2, 0.25) is 0 Å². The Balaban J connectivity index is 1.74. The molecule has 1 atom stereocenters. The van der Waals surface area contributed by atoms with E-state index in [1.54, 1.807) is 4.90 Å². The lowest BCUT2D eigenvalue weighted by atomic mass is 9.85. The first kappa shape index (κ1) is 16.7. The molecule has 22 heavy (non-hydrogen) atoms. The van der Waals surface area contributed by atoms with Gasteiger partial charge in [0, 0.05) is 31.6 Å². The molecule has 0 aromatic heterocycles. The standard InChI is InChI=1S/C15H25N3O4/c1-3-17(9-14(20)21)12-6-11(7-12)16-15(22)10-5-13(19)18(4-2)8-10/h10-12H,3-9H2,1-2H3,(H,16,22)(H,20,21). The number of aliphatic carboxylic acids is 1. The normalized spacial score (nSPS) is 27.9. The van der Waals surface area contributed by atoms with Gasteiger partial charge in [-0.2, -0.15) is 0 Å². The van der Waals surface area contributed by atoms with Crippen molar-refractivity contribution in [1.29, 1.82) is 0 Å². The number of carbonyl (C=O) groups excluding carboxylic acids is 2. The molecule has 0 radical (unpaired) electrons. The molecule has 1 aliphatic carbocycles. The van der Waals surface area contributed by atoms with Crippen molar-refractivity contribution >= 4 is 17.8 Å². The first-order valence-electron chi connectivity index (χ1n) is 7.98. The molecular weight excluding hydrogens is 286 g/mol. The number of hydrogen-bond acceptors (Lipinski definition) is 4. The van der Waals surface area contributed by atoms with Gasteiger partial charge in [0.15, 0.2) is 0 Å². The molecule has 7 heteroatoms. The van der Waals surface area contributed by atoms with Gasteiger partial charge in [0.1, 0.15) is 0 Å². The van der Waals surface area contributed by atoms with Crippen molar-refractivity contribution in [1.82, 2.24) is 15.1 Å². The van der Waals surface area contributed by atoms with E-state index < -0.39 is 5.97 Å². The van der Waals surface area contributed by atoms with Crippen LogP contribution >= 0.6 is 0 Å². The summed E-state index contributed by atoms with van der Waals surface area (Å²) in [7, 11) is 0. The maximum Gasteiger partial charge on any atom is 0.317 e. The third-order valence-electron chi connectivity index (χ3n) is 4.69. The topological polar surface area (TPSA) is 90.0 Å². The molecule has 0 spiro atoms. The lowest BCUT2D eigenvalue weighted by Gasteiger charge is -2.42. The van der Waals surface area contributed by atoms with Crippen LogP contribution in [0.15, 0.2) is 0 Å².